The van der Waals surface area contributed by atoms with Crippen molar-refractivity contribution in [1.29, 1.82) is 0 Å². The zero-order chi connectivity index (χ0) is 36.0. The first kappa shape index (κ1) is 30.5. The number of para-hydroxylation sites is 4. The maximum atomic E-state index is 14.0. The normalized spacial score (nSPS) is 14.5. The fourth-order valence-electron chi connectivity index (χ4n) is 7.02. The monoisotopic (exact) mass is 684 g/mol. The third kappa shape index (κ3) is 4.15. The SMILES string of the molecule is O=C1C(=O)c2cn(c3ccccc23)C(=O)C(=O)n2cc(c3ccccc32)C(=O)C(=O)c2cn(c3ccccc23)C(=O)C(=O)n2cc1c1ccccc12. The van der Waals surface area contributed by atoms with Crippen molar-refractivity contribution in [3.8, 4) is 0 Å². The first-order chi connectivity index (χ1) is 25.2. The van der Waals surface area contributed by atoms with Crippen molar-refractivity contribution in [1.82, 2.24) is 18.3 Å². The molecule has 1 aliphatic rings. The van der Waals surface area contributed by atoms with Gasteiger partial charge in [0.25, 0.3) is 0 Å². The Balaban J connectivity index is 1.32. The van der Waals surface area contributed by atoms with Crippen molar-refractivity contribution in [2.45, 2.75) is 0 Å². The maximum absolute atomic E-state index is 14.0. The molecule has 1 aliphatic heterocycles. The quantitative estimate of drug-likeness (QED) is 0.179. The lowest BCUT2D eigenvalue weighted by Gasteiger charge is -2.05. The van der Waals surface area contributed by atoms with E-state index in [1.165, 1.54) is 48.5 Å². The Bertz CT molecular complexity index is 2420. The Morgan fingerprint density at radius 1 is 0.269 bits per heavy atom. The van der Waals surface area contributed by atoms with Crippen molar-refractivity contribution >= 4 is 90.4 Å². The lowest BCUT2D eigenvalue weighted by molar-refractivity contribution is 0.0721. The van der Waals surface area contributed by atoms with E-state index in [1.54, 1.807) is 48.5 Å². The van der Waals surface area contributed by atoms with Gasteiger partial charge in [0.1, 0.15) is 0 Å². The number of nitrogens with zero attached hydrogens (tertiary/aromatic N) is 4. The molecular formula is C40H20N4O8. The Morgan fingerprint density at radius 3 is 0.673 bits per heavy atom. The minimum atomic E-state index is -1.10. The van der Waals surface area contributed by atoms with Crippen LogP contribution < -0.4 is 0 Å². The number of ketones is 4. The van der Waals surface area contributed by atoms with Crippen LogP contribution >= 0.6 is 0 Å². The van der Waals surface area contributed by atoms with Crippen LogP contribution in [-0.4, -0.2) is 65.0 Å². The summed E-state index contributed by atoms with van der Waals surface area (Å²) in [5.41, 5.74) is -0.0916. The van der Waals surface area contributed by atoms with Crippen molar-refractivity contribution in [3.05, 3.63) is 144 Å². The summed E-state index contributed by atoms with van der Waals surface area (Å²) in [7, 11) is 0. The predicted molar refractivity (Wildman–Crippen MR) is 188 cm³/mol. The second-order valence-corrected chi connectivity index (χ2v) is 12.3. The molecule has 0 radical (unpaired) electrons. The van der Waals surface area contributed by atoms with Crippen molar-refractivity contribution in [3.63, 3.8) is 0 Å². The standard InChI is InChI=1S/C40H20N4O8/c45-33-25-17-41(29-13-5-1-9-21(25)29)37(49)38(50)42-19-27(23-11-3-7-15-31(23)42)35(47)36(48)28-20-44(32-16-8-4-12-24(28)32)40(52)39(51)43-18-26(34(33)46)22-10-2-6-14-30(22)43/h1-20H. The van der Waals surface area contributed by atoms with Crippen molar-refractivity contribution in [2.24, 2.45) is 0 Å². The van der Waals surface area contributed by atoms with Gasteiger partial charge in [-0.1, -0.05) is 72.8 Å². The predicted octanol–water partition coefficient (Wildman–Crippen LogP) is 5.91. The summed E-state index contributed by atoms with van der Waals surface area (Å²) in [5.74, 6) is -8.51. The van der Waals surface area contributed by atoms with Crippen LogP contribution in [0.25, 0.3) is 43.6 Å². The van der Waals surface area contributed by atoms with Crippen LogP contribution in [-0.2, 0) is 0 Å². The van der Waals surface area contributed by atoms with Crippen molar-refractivity contribution < 1.29 is 38.4 Å². The van der Waals surface area contributed by atoms with Gasteiger partial charge in [-0.3, -0.25) is 56.6 Å². The Kier molecular flexibility index (Phi) is 6.42. The molecule has 0 saturated carbocycles. The van der Waals surface area contributed by atoms with Gasteiger partial charge in [0.05, 0.1) is 44.3 Å². The molecule has 5 heterocycles. The van der Waals surface area contributed by atoms with Gasteiger partial charge in [0.15, 0.2) is 0 Å². The van der Waals surface area contributed by atoms with E-state index in [4.69, 9.17) is 0 Å². The molecule has 248 valence electrons. The van der Waals surface area contributed by atoms with Gasteiger partial charge in [-0.2, -0.15) is 0 Å². The molecule has 0 N–H and O–H groups in total. The number of Topliss-reactive ketones (excluding diaryl/α,β-unsaturated/α-hetero) is 4. The summed E-state index contributed by atoms with van der Waals surface area (Å²) in [6.07, 6.45) is 4.42. The Labute approximate surface area is 290 Å². The second kappa shape index (κ2) is 11.0. The molecule has 8 bridgehead atoms. The lowest BCUT2D eigenvalue weighted by atomic mass is 10.0. The fraction of sp³-hybridized carbons (Fsp3) is 0. The highest BCUT2D eigenvalue weighted by Crippen LogP contribution is 2.30. The molecule has 0 fully saturated rings. The van der Waals surface area contributed by atoms with E-state index in [0.717, 1.165) is 43.1 Å². The highest BCUT2D eigenvalue weighted by atomic mass is 16.2. The lowest BCUT2D eigenvalue weighted by Crippen LogP contribution is -2.27. The Hall–Kier alpha value is -7.60. The number of hydrogen-bond donors (Lipinski definition) is 0. The van der Waals surface area contributed by atoms with Crippen molar-refractivity contribution in [2.75, 3.05) is 0 Å². The van der Waals surface area contributed by atoms with Crippen LogP contribution in [0.1, 0.15) is 60.6 Å². The summed E-state index contributed by atoms with van der Waals surface area (Å²) in [4.78, 5) is 112. The largest absolute Gasteiger partial charge is 0.321 e. The molecule has 0 saturated heterocycles. The summed E-state index contributed by atoms with van der Waals surface area (Å²) in [6.45, 7) is 0. The minimum Gasteiger partial charge on any atom is -0.285 e. The number of aromatic nitrogens is 4. The van der Waals surface area contributed by atoms with Crippen LogP contribution in [0.2, 0.25) is 0 Å². The van der Waals surface area contributed by atoms with E-state index >= 15 is 0 Å². The average Bonchev–Trinajstić information content (AvgIpc) is 3.96. The average molecular weight is 685 g/mol. The first-order valence-electron chi connectivity index (χ1n) is 15.9. The molecule has 0 aliphatic carbocycles. The van der Waals surface area contributed by atoms with Gasteiger partial charge in [-0.15, -0.1) is 0 Å². The molecule has 8 aromatic rings. The third-order valence-corrected chi connectivity index (χ3v) is 9.48. The van der Waals surface area contributed by atoms with Crippen LogP contribution in [0, 0.1) is 0 Å². The molecule has 12 heteroatoms. The molecule has 4 aromatic heterocycles. The van der Waals surface area contributed by atoms with E-state index in [9.17, 15) is 38.4 Å². The molecule has 4 aromatic carbocycles. The molecule has 0 amide bonds. The molecule has 52 heavy (non-hydrogen) atoms. The number of fused-ring (bicyclic) bond motifs is 20. The summed E-state index contributed by atoms with van der Waals surface area (Å²) in [5, 5.41) is 0.821. The molecule has 9 rings (SSSR count). The van der Waals surface area contributed by atoms with E-state index in [-0.39, 0.29) is 65.9 Å². The van der Waals surface area contributed by atoms with E-state index in [0.29, 0.717) is 0 Å². The number of carbonyl (C=O) groups is 8. The number of benzene rings is 4. The third-order valence-electron chi connectivity index (χ3n) is 9.48. The topological polar surface area (TPSA) is 156 Å². The van der Waals surface area contributed by atoms with Crippen LogP contribution in [0.15, 0.2) is 122 Å². The summed E-state index contributed by atoms with van der Waals surface area (Å²) < 4.78 is 3.83. The van der Waals surface area contributed by atoms with Gasteiger partial charge in [-0.25, -0.2) is 0 Å². The molecular weight excluding hydrogens is 664 g/mol. The van der Waals surface area contributed by atoms with Gasteiger partial charge in [-0.05, 0) is 24.3 Å². The van der Waals surface area contributed by atoms with Crippen LogP contribution in [0.3, 0.4) is 0 Å². The van der Waals surface area contributed by atoms with Crippen LogP contribution in [0.5, 0.6) is 0 Å². The zero-order valence-electron chi connectivity index (χ0n) is 26.6. The molecule has 0 unspecified atom stereocenters. The van der Waals surface area contributed by atoms with Gasteiger partial charge in [0.2, 0.25) is 23.1 Å². The molecule has 0 atom stereocenters. The van der Waals surface area contributed by atoms with Gasteiger partial charge >= 0.3 is 23.6 Å². The smallest absolute Gasteiger partial charge is 0.285 e. The van der Waals surface area contributed by atoms with E-state index in [2.05, 4.69) is 0 Å². The summed E-state index contributed by atoms with van der Waals surface area (Å²) >= 11 is 0. The highest BCUT2D eigenvalue weighted by Gasteiger charge is 2.34. The molecule has 0 spiro atoms. The van der Waals surface area contributed by atoms with Crippen LogP contribution in [0.4, 0.5) is 0 Å². The maximum Gasteiger partial charge on any atom is 0.321 e. The highest BCUT2D eigenvalue weighted by molar-refractivity contribution is 6.54. The second-order valence-electron chi connectivity index (χ2n) is 12.3. The first-order valence-corrected chi connectivity index (χ1v) is 15.9. The number of hydrogen-bond acceptors (Lipinski definition) is 8. The Morgan fingerprint density at radius 2 is 0.462 bits per heavy atom. The minimum absolute atomic E-state index is 0.157. The number of carbonyl (C=O) groups excluding carboxylic acids is 8. The van der Waals surface area contributed by atoms with E-state index in [1.807, 2.05) is 0 Å². The molecule has 12 nitrogen and oxygen atoms in total. The van der Waals surface area contributed by atoms with E-state index < -0.39 is 46.8 Å². The fourth-order valence-corrected chi connectivity index (χ4v) is 7.02. The number of rotatable bonds is 0. The summed E-state index contributed by atoms with van der Waals surface area (Å²) in [6, 6.07) is 24.9. The van der Waals surface area contributed by atoms with Gasteiger partial charge in [0, 0.05) is 46.3 Å². The van der Waals surface area contributed by atoms with Gasteiger partial charge < -0.3 is 0 Å². The zero-order valence-corrected chi connectivity index (χ0v) is 26.6.